The first kappa shape index (κ1) is 13.4. The van der Waals surface area contributed by atoms with Crippen molar-refractivity contribution >= 4 is 28.5 Å². The summed E-state index contributed by atoms with van der Waals surface area (Å²) < 4.78 is 0. The summed E-state index contributed by atoms with van der Waals surface area (Å²) in [6, 6.07) is -0.536. The molecule has 0 fully saturated rings. The van der Waals surface area contributed by atoms with Crippen LogP contribution in [-0.4, -0.2) is 39.3 Å². The van der Waals surface area contributed by atoms with Crippen molar-refractivity contribution < 1.29 is 19.8 Å². The van der Waals surface area contributed by atoms with Gasteiger partial charge in [-0.15, -0.1) is 11.3 Å². The lowest BCUT2D eigenvalue weighted by atomic mass is 10.0. The van der Waals surface area contributed by atoms with Gasteiger partial charge in [-0.2, -0.15) is 0 Å². The maximum Gasteiger partial charge on any atom is 0.321 e. The number of aliphatic carboxylic acids is 1. The van der Waals surface area contributed by atoms with E-state index >= 15 is 0 Å². The molecule has 0 aliphatic rings. The Hall–Kier alpha value is -1.67. The number of aliphatic hydroxyl groups is 1. The molecule has 1 aromatic heterocycles. The third kappa shape index (κ3) is 5.27. The molecule has 1 unspecified atom stereocenters. The maximum atomic E-state index is 11.3. The zero-order valence-electron chi connectivity index (χ0n) is 9.14. The molecule has 0 saturated carbocycles. The van der Waals surface area contributed by atoms with Crippen molar-refractivity contribution in [1.82, 2.24) is 10.3 Å². The molecule has 4 N–H and O–H groups in total. The van der Waals surface area contributed by atoms with Crippen LogP contribution in [-0.2, 0) is 4.79 Å². The summed E-state index contributed by atoms with van der Waals surface area (Å²) in [7, 11) is 0. The van der Waals surface area contributed by atoms with Crippen LogP contribution in [0.4, 0.5) is 9.93 Å². The molecule has 0 bridgehead atoms. The van der Waals surface area contributed by atoms with Crippen LogP contribution in [0.25, 0.3) is 0 Å². The Morgan fingerprint density at radius 1 is 1.59 bits per heavy atom. The van der Waals surface area contributed by atoms with Crippen molar-refractivity contribution in [2.75, 3.05) is 11.9 Å². The highest BCUT2D eigenvalue weighted by Crippen LogP contribution is 2.10. The van der Waals surface area contributed by atoms with Gasteiger partial charge in [-0.25, -0.2) is 9.78 Å². The van der Waals surface area contributed by atoms with Crippen LogP contribution in [0.5, 0.6) is 0 Å². The zero-order valence-corrected chi connectivity index (χ0v) is 9.95. The third-order valence-corrected chi connectivity index (χ3v) is 2.50. The molecule has 8 heteroatoms. The number of nitrogens with zero attached hydrogens (tertiary/aromatic N) is 1. The number of carboxylic acid groups (broad SMARTS) is 1. The quantitative estimate of drug-likeness (QED) is 0.615. The number of carboxylic acids is 1. The first-order valence-corrected chi connectivity index (χ1v) is 5.65. The first-order valence-electron chi connectivity index (χ1n) is 4.77. The smallest absolute Gasteiger partial charge is 0.321 e. The fourth-order valence-corrected chi connectivity index (χ4v) is 1.61. The molecule has 1 atom stereocenters. The molecule has 0 spiro atoms. The average Bonchev–Trinajstić information content (AvgIpc) is 2.65. The van der Waals surface area contributed by atoms with Crippen LogP contribution in [0, 0.1) is 0 Å². The normalized spacial score (nSPS) is 13.8. The lowest BCUT2D eigenvalue weighted by molar-refractivity contribution is -0.141. The lowest BCUT2D eigenvalue weighted by Gasteiger charge is -2.21. The number of urea groups is 1. The summed E-state index contributed by atoms with van der Waals surface area (Å²) in [5.41, 5.74) is -1.48. The predicted molar refractivity (Wildman–Crippen MR) is 62.0 cm³/mol. The topological polar surface area (TPSA) is 112 Å². The number of hydrogen-bond acceptors (Lipinski definition) is 5. The molecule has 7 nitrogen and oxygen atoms in total. The lowest BCUT2D eigenvalue weighted by Crippen LogP contribution is -2.43. The number of aromatic nitrogens is 1. The Kier molecular flexibility index (Phi) is 4.41. The van der Waals surface area contributed by atoms with Gasteiger partial charge in [0, 0.05) is 18.1 Å². The van der Waals surface area contributed by atoms with Crippen LogP contribution >= 0.6 is 11.3 Å². The average molecular weight is 259 g/mol. The molecule has 17 heavy (non-hydrogen) atoms. The fraction of sp³-hybridized carbons (Fsp3) is 0.444. The van der Waals surface area contributed by atoms with Gasteiger partial charge < -0.3 is 15.5 Å². The summed E-state index contributed by atoms with van der Waals surface area (Å²) in [5, 5.41) is 25.1. The van der Waals surface area contributed by atoms with Gasteiger partial charge in [-0.1, -0.05) is 0 Å². The van der Waals surface area contributed by atoms with Gasteiger partial charge in [0.15, 0.2) is 5.13 Å². The molecule has 1 rings (SSSR count). The Bertz CT molecular complexity index is 391. The van der Waals surface area contributed by atoms with Crippen molar-refractivity contribution in [2.24, 2.45) is 0 Å². The number of anilines is 1. The standard InChI is InChI=1S/C9H13N3O4S/c1-9(16,4-6(13)14)5-11-7(15)12-8-10-2-3-17-8/h2-3,16H,4-5H2,1H3,(H,13,14)(H2,10,11,12,15). The molecule has 0 aromatic carbocycles. The van der Waals surface area contributed by atoms with Crippen LogP contribution in [0.2, 0.25) is 0 Å². The van der Waals surface area contributed by atoms with Gasteiger partial charge in [-0.05, 0) is 6.92 Å². The number of carbonyl (C=O) groups excluding carboxylic acids is 1. The minimum atomic E-state index is -1.48. The Labute approximate surface area is 101 Å². The zero-order chi connectivity index (χ0) is 12.9. The van der Waals surface area contributed by atoms with Gasteiger partial charge >= 0.3 is 12.0 Å². The van der Waals surface area contributed by atoms with Crippen molar-refractivity contribution in [3.05, 3.63) is 11.6 Å². The molecule has 2 amide bonds. The minimum absolute atomic E-state index is 0.156. The highest BCUT2D eigenvalue weighted by molar-refractivity contribution is 7.13. The van der Waals surface area contributed by atoms with E-state index in [4.69, 9.17) is 5.11 Å². The van der Waals surface area contributed by atoms with E-state index in [1.165, 1.54) is 18.3 Å². The van der Waals surface area contributed by atoms with E-state index in [-0.39, 0.29) is 6.54 Å². The van der Waals surface area contributed by atoms with Crippen molar-refractivity contribution in [3.8, 4) is 0 Å². The SMILES string of the molecule is CC(O)(CNC(=O)Nc1nccs1)CC(=O)O. The maximum absolute atomic E-state index is 11.3. The van der Waals surface area contributed by atoms with E-state index in [9.17, 15) is 14.7 Å². The second-order valence-electron chi connectivity index (χ2n) is 3.71. The van der Waals surface area contributed by atoms with Gasteiger partial charge in [0.25, 0.3) is 0 Å². The molecule has 94 valence electrons. The van der Waals surface area contributed by atoms with Crippen LogP contribution in [0.15, 0.2) is 11.6 Å². The molecule has 0 aliphatic carbocycles. The second kappa shape index (κ2) is 5.60. The number of carbonyl (C=O) groups is 2. The summed E-state index contributed by atoms with van der Waals surface area (Å²) in [5.74, 6) is -1.13. The number of nitrogens with one attached hydrogen (secondary N) is 2. The highest BCUT2D eigenvalue weighted by atomic mass is 32.1. The van der Waals surface area contributed by atoms with Gasteiger partial charge in [0.2, 0.25) is 0 Å². The molecular formula is C9H13N3O4S. The van der Waals surface area contributed by atoms with E-state index in [2.05, 4.69) is 15.6 Å². The summed E-state index contributed by atoms with van der Waals surface area (Å²) in [4.78, 5) is 25.6. The largest absolute Gasteiger partial charge is 0.481 e. The van der Waals surface area contributed by atoms with Gasteiger partial charge in [0.05, 0.1) is 12.0 Å². The number of amides is 2. The monoisotopic (exact) mass is 259 g/mol. The Morgan fingerprint density at radius 3 is 2.82 bits per heavy atom. The van der Waals surface area contributed by atoms with Crippen LogP contribution in [0.3, 0.4) is 0 Å². The second-order valence-corrected chi connectivity index (χ2v) is 4.61. The molecule has 0 aliphatic heterocycles. The molecule has 0 saturated heterocycles. The first-order chi connectivity index (χ1) is 7.89. The summed E-state index contributed by atoms with van der Waals surface area (Å²) in [6.07, 6.45) is 1.10. The Morgan fingerprint density at radius 2 is 2.29 bits per heavy atom. The summed E-state index contributed by atoms with van der Waals surface area (Å²) in [6.45, 7) is 1.18. The fourth-order valence-electron chi connectivity index (χ4n) is 1.09. The van der Waals surface area contributed by atoms with Crippen molar-refractivity contribution in [2.45, 2.75) is 18.9 Å². The van der Waals surface area contributed by atoms with E-state index in [0.717, 1.165) is 0 Å². The number of thiazole rings is 1. The van der Waals surface area contributed by atoms with Crippen molar-refractivity contribution in [3.63, 3.8) is 0 Å². The molecular weight excluding hydrogens is 246 g/mol. The Balaban J connectivity index is 2.35. The third-order valence-electron chi connectivity index (χ3n) is 1.81. The highest BCUT2D eigenvalue weighted by Gasteiger charge is 2.24. The van der Waals surface area contributed by atoms with E-state index in [0.29, 0.717) is 5.13 Å². The van der Waals surface area contributed by atoms with E-state index in [1.54, 1.807) is 11.6 Å². The van der Waals surface area contributed by atoms with Crippen molar-refractivity contribution in [1.29, 1.82) is 0 Å². The van der Waals surface area contributed by atoms with Crippen LogP contribution < -0.4 is 10.6 Å². The van der Waals surface area contributed by atoms with E-state index in [1.807, 2.05) is 0 Å². The molecule has 0 radical (unpaired) electrons. The molecule has 1 aromatic rings. The number of rotatable bonds is 5. The number of hydrogen-bond donors (Lipinski definition) is 4. The van der Waals surface area contributed by atoms with Crippen LogP contribution in [0.1, 0.15) is 13.3 Å². The van der Waals surface area contributed by atoms with E-state index < -0.39 is 24.0 Å². The van der Waals surface area contributed by atoms with Gasteiger partial charge in [-0.3, -0.25) is 10.1 Å². The molecule has 1 heterocycles. The van der Waals surface area contributed by atoms with Gasteiger partial charge in [0.1, 0.15) is 0 Å². The summed E-state index contributed by atoms with van der Waals surface area (Å²) >= 11 is 1.26. The predicted octanol–water partition coefficient (Wildman–Crippen LogP) is 0.490. The minimum Gasteiger partial charge on any atom is -0.481 e.